The van der Waals surface area contributed by atoms with Crippen molar-refractivity contribution < 1.29 is 6.51 Å². The molecule has 0 unspecified atom stereocenters. The van der Waals surface area contributed by atoms with Crippen LogP contribution in [0, 0.1) is 0 Å². The molecule has 10 fully saturated rings. The predicted octanol–water partition coefficient (Wildman–Crippen LogP) is 6.81. The van der Waals surface area contributed by atoms with Crippen LogP contribution in [0.25, 0.3) is 0 Å². The summed E-state index contributed by atoms with van der Waals surface area (Å²) in [5.74, 6) is 0. The second kappa shape index (κ2) is 1.14. The molecule has 24 heavy (non-hydrogen) atoms. The van der Waals surface area contributed by atoms with Gasteiger partial charge in [0.25, 0.3) is 0 Å². The minimum atomic E-state index is -2.28. The molecule has 12 rings (SSSR count). The monoisotopic (exact) mass is 355 g/mol. The number of nitrogens with one attached hydrogen (secondary N) is 1. The average molecular weight is 355 g/mol. The maximum absolute atomic E-state index is 3.30. The summed E-state index contributed by atoms with van der Waals surface area (Å²) in [5, 5.41) is 3.30. The van der Waals surface area contributed by atoms with Gasteiger partial charge >= 0.3 is 54.7 Å². The molecule has 2 aromatic carbocycles. The van der Waals surface area contributed by atoms with Crippen LogP contribution in [0.2, 0.25) is 48.2 Å². The average Bonchev–Trinajstić information content (AvgIpc) is 3.57. The van der Waals surface area contributed by atoms with E-state index in [1.807, 2.05) is 60.7 Å². The number of benzene rings is 2. The Labute approximate surface area is 132 Å². The van der Waals surface area contributed by atoms with Crippen molar-refractivity contribution >= 4 is 11.4 Å². The Morgan fingerprint density at radius 2 is 0.750 bits per heavy atom. The van der Waals surface area contributed by atoms with Gasteiger partial charge in [-0.05, 0) is 24.3 Å². The van der Waals surface area contributed by atoms with Crippen LogP contribution in [0.4, 0.5) is 11.4 Å². The first-order chi connectivity index (χ1) is 11.6. The fourth-order valence-electron chi connectivity index (χ4n) is 17.0. The fourth-order valence-corrected chi connectivity index (χ4v) is 89.2. The van der Waals surface area contributed by atoms with Crippen molar-refractivity contribution in [3.05, 3.63) is 60.7 Å². The van der Waals surface area contributed by atoms with E-state index in [2.05, 4.69) is 5.32 Å². The van der Waals surface area contributed by atoms with Crippen LogP contribution in [-0.2, 0) is 6.51 Å². The minimum Gasteiger partial charge on any atom is -0.356 e. The van der Waals surface area contributed by atoms with Crippen LogP contribution < -0.4 is 5.32 Å². The Balaban J connectivity index is 0.0000000797. The van der Waals surface area contributed by atoms with Gasteiger partial charge < -0.3 is 5.32 Å². The van der Waals surface area contributed by atoms with Crippen LogP contribution in [0.15, 0.2) is 60.7 Å². The zero-order valence-corrected chi connectivity index (χ0v) is 14.5. The number of rotatable bonds is 2. The van der Waals surface area contributed by atoms with E-state index in [0.717, 1.165) is 11.4 Å². The number of anilines is 2. The Morgan fingerprint density at radius 3 is 0.958 bits per heavy atom. The number of hydrogen-bond acceptors (Lipinski definition) is 1. The van der Waals surface area contributed by atoms with E-state index in [1.165, 1.54) is 0 Å². The summed E-state index contributed by atoms with van der Waals surface area (Å²) in [5.41, 5.74) is 2.24. The van der Waals surface area contributed by atoms with Crippen molar-refractivity contribution in [2.75, 3.05) is 5.32 Å². The summed E-state index contributed by atoms with van der Waals surface area (Å²) >= 11 is 0. The quantitative estimate of drug-likeness (QED) is 0.584. The third-order valence-corrected chi connectivity index (χ3v) is 58.3. The van der Waals surface area contributed by atoms with E-state index >= 15 is 0 Å². The first kappa shape index (κ1) is 10.0. The van der Waals surface area contributed by atoms with Crippen molar-refractivity contribution in [2.45, 2.75) is 48.2 Å². The van der Waals surface area contributed by atoms with E-state index in [9.17, 15) is 0 Å². The van der Waals surface area contributed by atoms with Crippen molar-refractivity contribution in [3.63, 3.8) is 0 Å². The molecule has 0 bridgehead atoms. The number of fused-ring (bicyclic) bond motifs is 10. The van der Waals surface area contributed by atoms with E-state index < -0.39 is 6.51 Å². The van der Waals surface area contributed by atoms with Gasteiger partial charge in [-0.3, -0.25) is 0 Å². The molecule has 1 nitrogen and oxygen atoms in total. The van der Waals surface area contributed by atoms with Crippen molar-refractivity contribution in [2.24, 2.45) is 0 Å². The molecule has 1 N–H and O–H groups in total. The first-order valence-electron chi connectivity index (χ1n) is 9.70. The zero-order chi connectivity index (χ0) is 15.0. The topological polar surface area (TPSA) is 12.0 Å². The van der Waals surface area contributed by atoms with Crippen molar-refractivity contribution in [3.8, 4) is 0 Å². The maximum atomic E-state index is 3.30. The molecule has 0 saturated carbocycles. The van der Waals surface area contributed by atoms with Crippen LogP contribution in [0.1, 0.15) is 0 Å². The van der Waals surface area contributed by atoms with Crippen LogP contribution >= 0.6 is 0 Å². The van der Waals surface area contributed by atoms with E-state index in [-0.39, 0.29) is 0 Å². The predicted molar refractivity (Wildman–Crippen MR) is 93.7 cm³/mol. The van der Waals surface area contributed by atoms with Crippen LogP contribution in [0.3, 0.4) is 0 Å². The third-order valence-electron chi connectivity index (χ3n) is 16.4. The molecule has 122 valence electrons. The van der Waals surface area contributed by atoms with Crippen molar-refractivity contribution in [1.82, 2.24) is 0 Å². The summed E-state index contributed by atoms with van der Waals surface area (Å²) in [4.78, 5) is 15.9. The summed E-state index contributed by atoms with van der Waals surface area (Å²) < 4.78 is 0. The molecule has 2 aromatic rings. The van der Waals surface area contributed by atoms with Crippen LogP contribution in [0.5, 0.6) is 0 Å². The molecule has 0 aromatic heterocycles. The molecular weight excluding hydrogens is 334 g/mol. The van der Waals surface area contributed by atoms with Gasteiger partial charge in [0.05, 0.1) is 0 Å². The molecule has 10 saturated heterocycles. The molecule has 0 atom stereocenters. The second-order valence-corrected chi connectivity index (χ2v) is 36.4. The minimum absolute atomic E-state index is 1.12. The van der Waals surface area contributed by atoms with Gasteiger partial charge in [0.15, 0.2) is 0 Å². The van der Waals surface area contributed by atoms with Gasteiger partial charge in [-0.2, -0.15) is 0 Å². The molecule has 0 radical (unpaired) electrons. The second-order valence-electron chi connectivity index (χ2n) is 12.4. The van der Waals surface area contributed by atoms with Gasteiger partial charge in [-0.25, -0.2) is 0 Å². The molecule has 0 amide bonds. The molecule has 0 aliphatic carbocycles. The van der Waals surface area contributed by atoms with E-state index in [1.54, 1.807) is 48.2 Å². The molecule has 10 aliphatic rings. The van der Waals surface area contributed by atoms with Gasteiger partial charge in [0.1, 0.15) is 0 Å². The van der Waals surface area contributed by atoms with Gasteiger partial charge in [-0.15, -0.1) is 0 Å². The molecule has 1 spiro atoms. The zero-order valence-electron chi connectivity index (χ0n) is 13.4. The van der Waals surface area contributed by atoms with Gasteiger partial charge in [0, 0.05) is 11.4 Å². The molecular formula is C22H21FeN. The summed E-state index contributed by atoms with van der Waals surface area (Å²) in [6.07, 6.45) is 0. The Morgan fingerprint density at radius 1 is 0.458 bits per heavy atom. The Bertz CT molecular complexity index is 1100. The SMILES string of the molecule is [CH]12[CH]3[CH]4[CH]5[CH]1[Fe]23451678[CH]2[CH]1[CH]6[CH]7[CH]28.c1ccc(Nc2ccccc2)cc1. The normalized spacial score (nSPS) is 83.5. The number of hydrogen-bond donors (Lipinski definition) is 1. The fraction of sp³-hybridized carbons (Fsp3) is 0.455. The van der Waals surface area contributed by atoms with Crippen LogP contribution in [-0.4, -0.2) is 0 Å². The maximum Gasteiger partial charge on any atom is 0.0384 e. The molecule has 10 aliphatic heterocycles. The standard InChI is InChI=1S/C12H11N.2C5H5.Fe/c1-3-7-11(8-4-1)13-12-9-5-2-6-10-12;2*1-2-4-5-3-1;/h1-10,13H;2*1-5H;. The van der Waals surface area contributed by atoms with E-state index in [0.29, 0.717) is 0 Å². The van der Waals surface area contributed by atoms with Gasteiger partial charge in [0.2, 0.25) is 0 Å². The third kappa shape index (κ3) is 0.169. The summed E-state index contributed by atoms with van der Waals surface area (Å²) in [7, 11) is 0. The van der Waals surface area contributed by atoms with E-state index in [4.69, 9.17) is 0 Å². The van der Waals surface area contributed by atoms with Gasteiger partial charge in [-0.1, -0.05) is 36.4 Å². The first-order valence-corrected chi connectivity index (χ1v) is 16.1. The Kier molecular flexibility index (Phi) is 0.476. The summed E-state index contributed by atoms with van der Waals surface area (Å²) in [6, 6.07) is 20.3. The molecule has 2 heteroatoms. The van der Waals surface area contributed by atoms with Crippen molar-refractivity contribution in [1.29, 1.82) is 0 Å². The number of para-hydroxylation sites is 2. The largest absolute Gasteiger partial charge is 0.356 e. The molecule has 10 heterocycles. The summed E-state index contributed by atoms with van der Waals surface area (Å²) in [6.45, 7) is -2.28. The Hall–Kier alpha value is -1.24. The smallest absolute Gasteiger partial charge is 0.0384 e.